The quantitative estimate of drug-likeness (QED) is 0.137. The van der Waals surface area contributed by atoms with Crippen molar-refractivity contribution in [2.24, 2.45) is 5.92 Å². The first-order valence-electron chi connectivity index (χ1n) is 19.9. The topological polar surface area (TPSA) is 109 Å². The van der Waals surface area contributed by atoms with Gasteiger partial charge in [0.25, 0.3) is 11.8 Å². The molecule has 3 amide bonds. The van der Waals surface area contributed by atoms with Gasteiger partial charge in [-0.05, 0) is 59.1 Å². The molecule has 1 N–H and O–H groups in total. The van der Waals surface area contributed by atoms with E-state index in [0.717, 1.165) is 22.1 Å². The van der Waals surface area contributed by atoms with E-state index in [4.69, 9.17) is 14.2 Å². The molecule has 3 aliphatic rings. The van der Waals surface area contributed by atoms with Crippen LogP contribution in [-0.2, 0) is 37.8 Å². The Labute approximate surface area is 340 Å². The lowest BCUT2D eigenvalue weighted by Gasteiger charge is -2.37. The summed E-state index contributed by atoms with van der Waals surface area (Å²) in [5.74, 6) is 0.378. The third kappa shape index (κ3) is 6.86. The van der Waals surface area contributed by atoms with Gasteiger partial charge in [-0.15, -0.1) is 0 Å². The van der Waals surface area contributed by atoms with Gasteiger partial charge in [0.2, 0.25) is 5.91 Å². The Hall–Kier alpha value is -5.75. The lowest BCUT2D eigenvalue weighted by Crippen LogP contribution is -2.52. The number of methoxy groups -OCH3 is 1. The highest BCUT2D eigenvalue weighted by Crippen LogP contribution is 2.61. The Bertz CT molecular complexity index is 2300. The van der Waals surface area contributed by atoms with Crippen molar-refractivity contribution in [1.29, 1.82) is 0 Å². The van der Waals surface area contributed by atoms with Crippen LogP contribution in [0.4, 0.5) is 17.1 Å². The van der Waals surface area contributed by atoms with Crippen LogP contribution in [0.25, 0.3) is 0 Å². The molecule has 10 nitrogen and oxygen atoms in total. The number of fused-ring (bicyclic) bond motifs is 3. The highest BCUT2D eigenvalue weighted by Gasteiger charge is 2.66. The minimum Gasteiger partial charge on any atom is -0.497 e. The van der Waals surface area contributed by atoms with Gasteiger partial charge >= 0.3 is 0 Å². The van der Waals surface area contributed by atoms with E-state index < -0.39 is 19.8 Å². The molecule has 0 saturated carbocycles. The molecule has 0 unspecified atom stereocenters. The van der Waals surface area contributed by atoms with Gasteiger partial charge in [0, 0.05) is 30.3 Å². The summed E-state index contributed by atoms with van der Waals surface area (Å²) in [5, 5.41) is 11.2. The maximum atomic E-state index is 15.5. The second-order valence-corrected chi connectivity index (χ2v) is 20.6. The van der Waals surface area contributed by atoms with Crippen LogP contribution in [-0.4, -0.2) is 68.8 Å². The third-order valence-electron chi connectivity index (χ3n) is 12.3. The predicted molar refractivity (Wildman–Crippen MR) is 226 cm³/mol. The fourth-order valence-electron chi connectivity index (χ4n) is 9.47. The van der Waals surface area contributed by atoms with Gasteiger partial charge in [0.1, 0.15) is 11.5 Å². The number of aliphatic hydroxyl groups is 1. The van der Waals surface area contributed by atoms with Crippen molar-refractivity contribution >= 4 is 48.0 Å². The Morgan fingerprint density at radius 3 is 2.24 bits per heavy atom. The zero-order valence-electron chi connectivity index (χ0n) is 33.3. The molecule has 0 bridgehead atoms. The zero-order valence-corrected chi connectivity index (χ0v) is 34.3. The standard InChI is InChI=1S/C47H49N3O7Si/c1-32-45(58(3,4)37-22-20-36(55-2)21-23-37)42(28-43(52)48(25-26-51)29-33-13-7-5-8-14-33)57-47(32)38-27-35(50-40-17-11-12-18-41(40)56-31-44(50)53)19-24-39(38)49(46(47)54)30-34-15-9-6-10-16-34/h5-24,27,32,42,45,51H,25-26,28-31H2,1-4H3/t32-,42+,45-,47+/m0/s1. The van der Waals surface area contributed by atoms with Crippen molar-refractivity contribution in [2.45, 2.75) is 56.8 Å². The van der Waals surface area contributed by atoms with Crippen LogP contribution in [0.2, 0.25) is 18.6 Å². The van der Waals surface area contributed by atoms with Crippen LogP contribution in [0.1, 0.15) is 30.0 Å². The molecule has 11 heteroatoms. The normalized spacial score (nSPS) is 21.2. The first kappa shape index (κ1) is 39.1. The molecule has 4 atom stereocenters. The number of hydrogen-bond acceptors (Lipinski definition) is 7. The summed E-state index contributed by atoms with van der Waals surface area (Å²) in [4.78, 5) is 48.8. The lowest BCUT2D eigenvalue weighted by atomic mass is 9.82. The van der Waals surface area contributed by atoms with Gasteiger partial charge in [0.15, 0.2) is 12.2 Å². The molecular formula is C47H49N3O7Si. The summed E-state index contributed by atoms with van der Waals surface area (Å²) < 4.78 is 18.7. The molecule has 8 rings (SSSR count). The minimum atomic E-state index is -2.60. The molecule has 5 aromatic rings. The van der Waals surface area contributed by atoms with Crippen molar-refractivity contribution in [3.05, 3.63) is 144 Å². The second-order valence-electron chi connectivity index (χ2n) is 15.9. The summed E-state index contributed by atoms with van der Waals surface area (Å²) in [6, 6.07) is 40.9. The van der Waals surface area contributed by atoms with Gasteiger partial charge in [-0.3, -0.25) is 19.3 Å². The van der Waals surface area contributed by atoms with E-state index in [9.17, 15) is 14.7 Å². The molecule has 0 aliphatic carbocycles. The summed E-state index contributed by atoms with van der Waals surface area (Å²) in [6.45, 7) is 7.18. The van der Waals surface area contributed by atoms with E-state index in [1.165, 1.54) is 0 Å². The van der Waals surface area contributed by atoms with E-state index in [1.54, 1.807) is 21.8 Å². The number of ether oxygens (including phenoxy) is 3. The van der Waals surface area contributed by atoms with E-state index in [1.807, 2.05) is 115 Å². The predicted octanol–water partition coefficient (Wildman–Crippen LogP) is 6.93. The number of anilines is 3. The second kappa shape index (κ2) is 15.9. The fraction of sp³-hybridized carbons (Fsp3) is 0.298. The Kier molecular flexibility index (Phi) is 10.7. The van der Waals surface area contributed by atoms with Gasteiger partial charge < -0.3 is 29.1 Å². The van der Waals surface area contributed by atoms with Crippen molar-refractivity contribution in [3.8, 4) is 11.5 Å². The molecule has 0 radical (unpaired) electrons. The molecule has 0 aromatic heterocycles. The van der Waals surface area contributed by atoms with Crippen LogP contribution in [0.15, 0.2) is 127 Å². The largest absolute Gasteiger partial charge is 0.497 e. The van der Waals surface area contributed by atoms with Gasteiger partial charge in [0.05, 0.1) is 52.2 Å². The summed E-state index contributed by atoms with van der Waals surface area (Å²) >= 11 is 0. The van der Waals surface area contributed by atoms with Crippen molar-refractivity contribution in [1.82, 2.24) is 4.90 Å². The molecule has 1 saturated heterocycles. The molecule has 3 aliphatic heterocycles. The number of rotatable bonds is 12. The Morgan fingerprint density at radius 2 is 1.55 bits per heavy atom. The maximum absolute atomic E-state index is 15.5. The van der Waals surface area contributed by atoms with Gasteiger partial charge in [-0.2, -0.15) is 0 Å². The number of aliphatic hydroxyl groups excluding tert-OH is 1. The van der Waals surface area contributed by atoms with E-state index in [2.05, 4.69) is 32.2 Å². The molecule has 1 spiro atoms. The highest BCUT2D eigenvalue weighted by molar-refractivity contribution is 6.91. The van der Waals surface area contributed by atoms with Crippen molar-refractivity contribution < 1.29 is 33.7 Å². The number of para-hydroxylation sites is 2. The number of carbonyl (C=O) groups is 3. The van der Waals surface area contributed by atoms with Crippen LogP contribution >= 0.6 is 0 Å². The summed E-state index contributed by atoms with van der Waals surface area (Å²) in [5.41, 5.74) is 2.84. The van der Waals surface area contributed by atoms with E-state index >= 15 is 4.79 Å². The van der Waals surface area contributed by atoms with Crippen molar-refractivity contribution in [3.63, 3.8) is 0 Å². The SMILES string of the molecule is COc1ccc([Si](C)(C)[C@@H]2[C@@H](CC(=O)N(CCO)Cc3ccccc3)O[C@]3(C(=O)N(Cc4ccccc4)c4ccc(N5C(=O)COc6ccccc65)cc43)[C@H]2C)cc1. The molecule has 58 heavy (non-hydrogen) atoms. The van der Waals surface area contributed by atoms with Gasteiger partial charge in [-0.25, -0.2) is 0 Å². The number of nitrogens with zero attached hydrogens (tertiary/aromatic N) is 3. The summed E-state index contributed by atoms with van der Waals surface area (Å²) in [6.07, 6.45) is -0.627. The third-order valence-corrected chi connectivity index (χ3v) is 16.6. The van der Waals surface area contributed by atoms with Crippen LogP contribution < -0.4 is 24.5 Å². The first-order chi connectivity index (χ1) is 28.1. The molecule has 1 fully saturated rings. The number of hydrogen-bond donors (Lipinski definition) is 1. The molecule has 3 heterocycles. The van der Waals surface area contributed by atoms with Crippen LogP contribution in [0.5, 0.6) is 11.5 Å². The maximum Gasteiger partial charge on any atom is 0.269 e. The average Bonchev–Trinajstić information content (AvgIpc) is 3.66. The van der Waals surface area contributed by atoms with Crippen LogP contribution in [0, 0.1) is 5.92 Å². The zero-order chi connectivity index (χ0) is 40.6. The number of amides is 3. The van der Waals surface area contributed by atoms with E-state index in [-0.39, 0.29) is 55.4 Å². The highest BCUT2D eigenvalue weighted by atomic mass is 28.3. The Balaban J connectivity index is 1.26. The van der Waals surface area contributed by atoms with E-state index in [0.29, 0.717) is 41.5 Å². The van der Waals surface area contributed by atoms with Gasteiger partial charge in [-0.1, -0.05) is 110 Å². The summed E-state index contributed by atoms with van der Waals surface area (Å²) in [7, 11) is -0.956. The fourth-order valence-corrected chi connectivity index (χ4v) is 13.5. The smallest absolute Gasteiger partial charge is 0.269 e. The lowest BCUT2D eigenvalue weighted by molar-refractivity contribution is -0.150. The first-order valence-corrected chi connectivity index (χ1v) is 22.9. The average molecular weight is 796 g/mol. The molecule has 298 valence electrons. The minimum absolute atomic E-state index is 0.0203. The van der Waals surface area contributed by atoms with Crippen LogP contribution in [0.3, 0.4) is 0 Å². The number of carbonyl (C=O) groups excluding carboxylic acids is 3. The van der Waals surface area contributed by atoms with Crippen molar-refractivity contribution in [2.75, 3.05) is 36.7 Å². The monoisotopic (exact) mass is 795 g/mol. The number of benzene rings is 5. The Morgan fingerprint density at radius 1 is 0.879 bits per heavy atom. The molecular weight excluding hydrogens is 747 g/mol. The molecule has 5 aromatic carbocycles.